The van der Waals surface area contributed by atoms with Crippen LogP contribution in [0.2, 0.25) is 0 Å². The molecule has 9 nitrogen and oxygen atoms in total. The third kappa shape index (κ3) is 4.92. The number of amides is 1. The summed E-state index contributed by atoms with van der Waals surface area (Å²) in [6.07, 6.45) is 5.81. The van der Waals surface area contributed by atoms with E-state index in [1.807, 2.05) is 24.3 Å². The molecular weight excluding hydrogens is 466 g/mol. The first-order chi connectivity index (χ1) is 17.5. The van der Waals surface area contributed by atoms with Crippen molar-refractivity contribution < 1.29 is 9.90 Å². The van der Waals surface area contributed by atoms with Crippen molar-refractivity contribution in [2.75, 3.05) is 25.0 Å². The molecule has 4 heterocycles. The molecule has 2 aliphatic heterocycles. The zero-order valence-corrected chi connectivity index (χ0v) is 22.3. The van der Waals surface area contributed by atoms with E-state index in [1.165, 1.54) is 0 Å². The highest BCUT2D eigenvalue weighted by Gasteiger charge is 2.49. The van der Waals surface area contributed by atoms with Crippen molar-refractivity contribution in [3.05, 3.63) is 42.7 Å². The molecule has 0 aliphatic carbocycles. The number of carbonyl (C=O) groups is 1. The molecule has 1 amide bonds. The Kier molecular flexibility index (Phi) is 6.43. The van der Waals surface area contributed by atoms with Gasteiger partial charge in [0, 0.05) is 47.9 Å². The maximum absolute atomic E-state index is 13.3. The summed E-state index contributed by atoms with van der Waals surface area (Å²) in [5.41, 5.74) is 2.47. The lowest BCUT2D eigenvalue weighted by Crippen LogP contribution is -2.66. The van der Waals surface area contributed by atoms with E-state index in [-0.39, 0.29) is 28.8 Å². The van der Waals surface area contributed by atoms with E-state index in [0.29, 0.717) is 23.6 Å². The summed E-state index contributed by atoms with van der Waals surface area (Å²) in [5, 5.41) is 29.6. The molecule has 2 aliphatic rings. The van der Waals surface area contributed by atoms with E-state index in [9.17, 15) is 9.90 Å². The Morgan fingerprint density at radius 3 is 2.35 bits per heavy atom. The van der Waals surface area contributed by atoms with Crippen LogP contribution in [0, 0.1) is 5.92 Å². The molecule has 0 saturated carbocycles. The van der Waals surface area contributed by atoms with Crippen molar-refractivity contribution in [3.63, 3.8) is 0 Å². The fraction of sp³-hybridized carbons (Fsp3) is 0.500. The second-order valence-electron chi connectivity index (χ2n) is 11.8. The minimum absolute atomic E-state index is 0.146. The van der Waals surface area contributed by atoms with Crippen LogP contribution >= 0.6 is 0 Å². The van der Waals surface area contributed by atoms with Crippen LogP contribution in [0.5, 0.6) is 5.75 Å². The first kappa shape index (κ1) is 25.2. The largest absolute Gasteiger partial charge is 0.507 e. The van der Waals surface area contributed by atoms with Gasteiger partial charge in [-0.25, -0.2) is 0 Å². The van der Waals surface area contributed by atoms with Gasteiger partial charge in [-0.2, -0.15) is 5.10 Å². The van der Waals surface area contributed by atoms with Crippen LogP contribution in [0.1, 0.15) is 47.0 Å². The average Bonchev–Trinajstić information content (AvgIpc) is 3.34. The lowest BCUT2D eigenvalue weighted by molar-refractivity contribution is -0.151. The molecule has 0 unspecified atom stereocenters. The lowest BCUT2D eigenvalue weighted by atomic mass is 9.75. The number of nitrogens with zero attached hydrogens (tertiary/aromatic N) is 5. The van der Waals surface area contributed by atoms with Crippen LogP contribution in [0.15, 0.2) is 42.7 Å². The van der Waals surface area contributed by atoms with Crippen molar-refractivity contribution >= 4 is 11.7 Å². The second-order valence-corrected chi connectivity index (χ2v) is 11.8. The Morgan fingerprint density at radius 2 is 1.81 bits per heavy atom. The first-order valence-corrected chi connectivity index (χ1v) is 13.0. The van der Waals surface area contributed by atoms with Crippen LogP contribution in [-0.4, -0.2) is 73.6 Å². The van der Waals surface area contributed by atoms with Crippen LogP contribution in [-0.2, 0) is 4.79 Å². The number of phenolic OH excluding ortho intramolecular Hbond substituents is 1. The Hall–Kier alpha value is -3.46. The summed E-state index contributed by atoms with van der Waals surface area (Å²) in [5.74, 6) is 1.63. The molecule has 0 radical (unpaired) electrons. The van der Waals surface area contributed by atoms with Crippen LogP contribution in [0.4, 0.5) is 5.82 Å². The summed E-state index contributed by atoms with van der Waals surface area (Å²) in [7, 11) is 2.05. The number of benzene rings is 1. The highest BCUT2D eigenvalue weighted by Crippen LogP contribution is 2.42. The molecule has 2 aromatic heterocycles. The Morgan fingerprint density at radius 1 is 1.08 bits per heavy atom. The zero-order chi connectivity index (χ0) is 26.4. The molecule has 3 N–H and O–H groups in total. The molecule has 37 heavy (non-hydrogen) atoms. The highest BCUT2D eigenvalue weighted by atomic mass is 16.3. The lowest BCUT2D eigenvalue weighted by Gasteiger charge is -2.57. The third-order valence-corrected chi connectivity index (χ3v) is 7.92. The fourth-order valence-corrected chi connectivity index (χ4v) is 6.19. The second kappa shape index (κ2) is 9.45. The molecule has 0 spiro atoms. The van der Waals surface area contributed by atoms with Crippen molar-refractivity contribution in [1.29, 1.82) is 0 Å². The Bertz CT molecular complexity index is 1230. The van der Waals surface area contributed by atoms with Gasteiger partial charge >= 0.3 is 0 Å². The van der Waals surface area contributed by atoms with Gasteiger partial charge in [-0.1, -0.05) is 6.07 Å². The van der Waals surface area contributed by atoms with Gasteiger partial charge in [-0.05, 0) is 89.4 Å². The topological polar surface area (TPSA) is 110 Å². The van der Waals surface area contributed by atoms with Gasteiger partial charge in [0.2, 0.25) is 5.91 Å². The summed E-state index contributed by atoms with van der Waals surface area (Å²) in [4.78, 5) is 17.6. The third-order valence-electron chi connectivity index (χ3n) is 7.92. The number of aromatic hydroxyl groups is 1. The SMILES string of the molecule is CN(c1ccc(-c2ccc(-c3cn[nH]c3)cc2O)nn1)C1CC(C)(C)N(C(=O)CC2CNC2)C(C)(C)C1. The van der Waals surface area contributed by atoms with E-state index in [1.54, 1.807) is 18.5 Å². The van der Waals surface area contributed by atoms with Crippen LogP contribution in [0.3, 0.4) is 0 Å². The van der Waals surface area contributed by atoms with Crippen LogP contribution in [0.25, 0.3) is 22.4 Å². The number of likely N-dealkylation sites (tertiary alicyclic amines) is 1. The van der Waals surface area contributed by atoms with Crippen LogP contribution < -0.4 is 10.2 Å². The zero-order valence-electron chi connectivity index (χ0n) is 22.3. The van der Waals surface area contributed by atoms with E-state index < -0.39 is 0 Å². The number of H-pyrrole nitrogens is 1. The van der Waals surface area contributed by atoms with Crippen molar-refractivity contribution in [2.45, 2.75) is 64.1 Å². The molecular formula is C28H37N7O2. The predicted molar refractivity (Wildman–Crippen MR) is 144 cm³/mol. The summed E-state index contributed by atoms with van der Waals surface area (Å²) >= 11 is 0. The number of hydrogen-bond donors (Lipinski definition) is 3. The number of anilines is 1. The van der Waals surface area contributed by atoms with Crippen molar-refractivity contribution in [3.8, 4) is 28.1 Å². The number of hydrogen-bond acceptors (Lipinski definition) is 7. The summed E-state index contributed by atoms with van der Waals surface area (Å²) in [6.45, 7) is 10.6. The maximum atomic E-state index is 13.3. The quantitative estimate of drug-likeness (QED) is 0.469. The Balaban J connectivity index is 1.31. The summed E-state index contributed by atoms with van der Waals surface area (Å²) in [6, 6.07) is 9.55. The number of rotatable bonds is 6. The van der Waals surface area contributed by atoms with Gasteiger partial charge in [-0.3, -0.25) is 9.89 Å². The standard InChI is InChI=1S/C28H37N7O2/c1-27(2)12-21(13-28(3,4)35(27)26(37)10-18-14-29-15-18)34(5)25-9-8-23(32-33-25)22-7-6-19(11-24(22)36)20-16-30-31-17-20/h6-9,11,16-18,21,29,36H,10,12-15H2,1-5H3,(H,30,31). The molecule has 3 aromatic rings. The fourth-order valence-electron chi connectivity index (χ4n) is 6.19. The molecule has 2 saturated heterocycles. The smallest absolute Gasteiger partial charge is 0.223 e. The minimum Gasteiger partial charge on any atom is -0.507 e. The number of carbonyl (C=O) groups excluding carboxylic acids is 1. The Labute approximate surface area is 218 Å². The van der Waals surface area contributed by atoms with Crippen molar-refractivity contribution in [1.82, 2.24) is 30.6 Å². The number of phenols is 1. The molecule has 196 valence electrons. The van der Waals surface area contributed by atoms with Gasteiger partial charge in [0.05, 0.1) is 11.9 Å². The predicted octanol–water partition coefficient (Wildman–Crippen LogP) is 3.83. The van der Waals surface area contributed by atoms with Gasteiger partial charge in [0.1, 0.15) is 5.75 Å². The van der Waals surface area contributed by atoms with Gasteiger partial charge < -0.3 is 20.2 Å². The first-order valence-electron chi connectivity index (χ1n) is 13.0. The average molecular weight is 504 g/mol. The number of aromatic nitrogens is 4. The molecule has 2 fully saturated rings. The number of aromatic amines is 1. The molecule has 1 aromatic carbocycles. The number of nitrogens with one attached hydrogen (secondary N) is 2. The van der Waals surface area contributed by atoms with Gasteiger partial charge in [0.25, 0.3) is 0 Å². The molecule has 5 rings (SSSR count). The van der Waals surface area contributed by atoms with Crippen molar-refractivity contribution in [2.24, 2.45) is 5.92 Å². The van der Waals surface area contributed by atoms with Gasteiger partial charge in [-0.15, -0.1) is 10.2 Å². The minimum atomic E-state index is -0.273. The molecule has 0 bridgehead atoms. The van der Waals surface area contributed by atoms with Gasteiger partial charge in [0.15, 0.2) is 5.82 Å². The highest BCUT2D eigenvalue weighted by molar-refractivity contribution is 5.78. The van der Waals surface area contributed by atoms with E-state index in [4.69, 9.17) is 0 Å². The molecule has 0 atom stereocenters. The van der Waals surface area contributed by atoms with E-state index in [0.717, 1.165) is 42.9 Å². The monoisotopic (exact) mass is 503 g/mol. The van der Waals surface area contributed by atoms with E-state index in [2.05, 4.69) is 70.3 Å². The number of piperidine rings is 1. The van der Waals surface area contributed by atoms with E-state index >= 15 is 0 Å². The maximum Gasteiger partial charge on any atom is 0.223 e. The molecule has 9 heteroatoms. The summed E-state index contributed by atoms with van der Waals surface area (Å²) < 4.78 is 0. The normalized spacial score (nSPS) is 19.4.